The standard InChI is InChI=1S/C15H13BrN2O4/c16-11-6-7-12(17-8-11)13(14(19)20)18-15(21)22-9-10-4-2-1-3-5-10/h1-8,13H,9H2,(H,18,21)(H,19,20). The van der Waals surface area contributed by atoms with Crippen LogP contribution in [0.3, 0.4) is 0 Å². The molecule has 0 aliphatic rings. The fourth-order valence-electron chi connectivity index (χ4n) is 1.70. The van der Waals surface area contributed by atoms with Gasteiger partial charge in [0, 0.05) is 10.7 Å². The Morgan fingerprint density at radius 1 is 1.23 bits per heavy atom. The first-order valence-corrected chi connectivity index (χ1v) is 7.17. The van der Waals surface area contributed by atoms with Gasteiger partial charge in [0.1, 0.15) is 6.61 Å². The summed E-state index contributed by atoms with van der Waals surface area (Å²) in [5, 5.41) is 11.5. The highest BCUT2D eigenvalue weighted by Crippen LogP contribution is 2.14. The molecule has 2 N–H and O–H groups in total. The summed E-state index contributed by atoms with van der Waals surface area (Å²) in [6.45, 7) is 0.0623. The average Bonchev–Trinajstić information content (AvgIpc) is 2.52. The molecule has 0 spiro atoms. The molecule has 0 fully saturated rings. The fourth-order valence-corrected chi connectivity index (χ4v) is 1.94. The molecule has 6 nitrogen and oxygen atoms in total. The van der Waals surface area contributed by atoms with Crippen molar-refractivity contribution in [2.24, 2.45) is 0 Å². The number of pyridine rings is 1. The molecule has 1 amide bonds. The van der Waals surface area contributed by atoms with E-state index in [-0.39, 0.29) is 12.3 Å². The van der Waals surface area contributed by atoms with E-state index in [1.807, 2.05) is 18.2 Å². The first-order valence-electron chi connectivity index (χ1n) is 6.38. The minimum Gasteiger partial charge on any atom is -0.479 e. The van der Waals surface area contributed by atoms with Crippen LogP contribution in [0.15, 0.2) is 53.1 Å². The van der Waals surface area contributed by atoms with Gasteiger partial charge in [-0.1, -0.05) is 30.3 Å². The summed E-state index contributed by atoms with van der Waals surface area (Å²) < 4.78 is 5.72. The molecule has 2 aromatic rings. The lowest BCUT2D eigenvalue weighted by Crippen LogP contribution is -2.34. The van der Waals surface area contributed by atoms with Crippen LogP contribution in [-0.4, -0.2) is 22.2 Å². The van der Waals surface area contributed by atoms with E-state index in [0.717, 1.165) is 5.56 Å². The number of nitrogens with one attached hydrogen (secondary N) is 1. The highest BCUT2D eigenvalue weighted by Gasteiger charge is 2.24. The number of ether oxygens (including phenoxy) is 1. The monoisotopic (exact) mass is 364 g/mol. The Morgan fingerprint density at radius 3 is 2.55 bits per heavy atom. The first-order chi connectivity index (χ1) is 10.6. The number of carbonyl (C=O) groups is 2. The number of hydrogen-bond acceptors (Lipinski definition) is 4. The van der Waals surface area contributed by atoms with Crippen LogP contribution in [0.25, 0.3) is 0 Å². The van der Waals surface area contributed by atoms with Crippen LogP contribution in [-0.2, 0) is 16.1 Å². The van der Waals surface area contributed by atoms with E-state index in [2.05, 4.69) is 26.2 Å². The van der Waals surface area contributed by atoms with Gasteiger partial charge in [-0.25, -0.2) is 9.59 Å². The van der Waals surface area contributed by atoms with E-state index in [1.165, 1.54) is 12.3 Å². The third-order valence-corrected chi connectivity index (χ3v) is 3.24. The maximum atomic E-state index is 11.7. The number of rotatable bonds is 5. The molecule has 1 unspecified atom stereocenters. The van der Waals surface area contributed by atoms with Crippen LogP contribution in [0.2, 0.25) is 0 Å². The van der Waals surface area contributed by atoms with E-state index >= 15 is 0 Å². The fraction of sp³-hybridized carbons (Fsp3) is 0.133. The number of aliphatic carboxylic acids is 1. The van der Waals surface area contributed by atoms with Gasteiger partial charge in [-0.15, -0.1) is 0 Å². The smallest absolute Gasteiger partial charge is 0.408 e. The van der Waals surface area contributed by atoms with Gasteiger partial charge < -0.3 is 15.2 Å². The lowest BCUT2D eigenvalue weighted by Gasteiger charge is -2.14. The van der Waals surface area contributed by atoms with Crippen LogP contribution >= 0.6 is 15.9 Å². The number of carboxylic acid groups (broad SMARTS) is 1. The Hall–Kier alpha value is -2.41. The third kappa shape index (κ3) is 4.56. The Kier molecular flexibility index (Phi) is 5.48. The second-order valence-corrected chi connectivity index (χ2v) is 5.29. The summed E-state index contributed by atoms with van der Waals surface area (Å²) in [5.41, 5.74) is 1.03. The van der Waals surface area contributed by atoms with Gasteiger partial charge in [0.15, 0.2) is 6.04 Å². The predicted octanol–water partition coefficient (Wildman–Crippen LogP) is 2.90. The van der Waals surface area contributed by atoms with E-state index in [9.17, 15) is 14.7 Å². The summed E-state index contributed by atoms with van der Waals surface area (Å²) in [7, 11) is 0. The molecule has 1 heterocycles. The summed E-state index contributed by atoms with van der Waals surface area (Å²) in [4.78, 5) is 27.0. The zero-order valence-corrected chi connectivity index (χ0v) is 13.0. The molecule has 1 aromatic carbocycles. The van der Waals surface area contributed by atoms with E-state index < -0.39 is 18.1 Å². The van der Waals surface area contributed by atoms with Gasteiger partial charge in [0.2, 0.25) is 0 Å². The molecule has 1 aromatic heterocycles. The second kappa shape index (κ2) is 7.56. The number of halogens is 1. The van der Waals surface area contributed by atoms with Crippen LogP contribution in [0, 0.1) is 0 Å². The molecular weight excluding hydrogens is 352 g/mol. The quantitative estimate of drug-likeness (QED) is 0.851. The van der Waals surface area contributed by atoms with Gasteiger partial charge in [-0.3, -0.25) is 4.98 Å². The normalized spacial score (nSPS) is 11.5. The maximum Gasteiger partial charge on any atom is 0.408 e. The number of alkyl carbamates (subject to hydrolysis) is 1. The Labute approximate surface area is 135 Å². The predicted molar refractivity (Wildman–Crippen MR) is 82.1 cm³/mol. The Morgan fingerprint density at radius 2 is 1.95 bits per heavy atom. The topological polar surface area (TPSA) is 88.5 Å². The van der Waals surface area contributed by atoms with Crippen molar-refractivity contribution in [1.29, 1.82) is 0 Å². The van der Waals surface area contributed by atoms with Crippen molar-refractivity contribution in [3.05, 3.63) is 64.4 Å². The number of carbonyl (C=O) groups excluding carboxylic acids is 1. The van der Waals surface area contributed by atoms with Crippen molar-refractivity contribution < 1.29 is 19.4 Å². The van der Waals surface area contributed by atoms with Crippen LogP contribution in [0.1, 0.15) is 17.3 Å². The summed E-state index contributed by atoms with van der Waals surface area (Å²) >= 11 is 3.21. The summed E-state index contributed by atoms with van der Waals surface area (Å²) in [5.74, 6) is -1.22. The third-order valence-electron chi connectivity index (χ3n) is 2.77. The number of nitrogens with zero attached hydrogens (tertiary/aromatic N) is 1. The van der Waals surface area contributed by atoms with Crippen molar-refractivity contribution in [3.63, 3.8) is 0 Å². The first kappa shape index (κ1) is 16.0. The second-order valence-electron chi connectivity index (χ2n) is 4.38. The molecule has 22 heavy (non-hydrogen) atoms. The van der Waals surface area contributed by atoms with Gasteiger partial charge in [0.25, 0.3) is 0 Å². The van der Waals surface area contributed by atoms with Gasteiger partial charge in [-0.2, -0.15) is 0 Å². The summed E-state index contributed by atoms with van der Waals surface area (Å²) in [6.07, 6.45) is 0.642. The molecule has 0 aliphatic carbocycles. The molecule has 0 radical (unpaired) electrons. The lowest BCUT2D eigenvalue weighted by molar-refractivity contribution is -0.139. The Balaban J connectivity index is 1.97. The number of amides is 1. The highest BCUT2D eigenvalue weighted by atomic mass is 79.9. The van der Waals surface area contributed by atoms with Crippen molar-refractivity contribution in [1.82, 2.24) is 10.3 Å². The SMILES string of the molecule is O=C(NC(C(=O)O)c1ccc(Br)cn1)OCc1ccccc1. The van der Waals surface area contributed by atoms with Gasteiger partial charge in [0.05, 0.1) is 5.69 Å². The maximum absolute atomic E-state index is 11.7. The lowest BCUT2D eigenvalue weighted by atomic mass is 10.2. The number of aromatic nitrogens is 1. The molecule has 0 bridgehead atoms. The Bertz CT molecular complexity index is 646. The van der Waals surface area contributed by atoms with Gasteiger partial charge in [-0.05, 0) is 33.6 Å². The van der Waals surface area contributed by atoms with E-state index in [4.69, 9.17) is 4.74 Å². The van der Waals surface area contributed by atoms with Crippen molar-refractivity contribution in [2.75, 3.05) is 0 Å². The van der Waals surface area contributed by atoms with Crippen molar-refractivity contribution >= 4 is 28.0 Å². The summed E-state index contributed by atoms with van der Waals surface area (Å²) in [6, 6.07) is 11.0. The number of benzene rings is 1. The minimum atomic E-state index is -1.27. The molecule has 0 aliphatic heterocycles. The van der Waals surface area contributed by atoms with Crippen LogP contribution in [0.5, 0.6) is 0 Å². The van der Waals surface area contributed by atoms with E-state index in [0.29, 0.717) is 4.47 Å². The molecule has 7 heteroatoms. The molecule has 0 saturated heterocycles. The molecular formula is C15H13BrN2O4. The molecule has 114 valence electrons. The zero-order chi connectivity index (χ0) is 15.9. The molecule has 1 atom stereocenters. The van der Waals surface area contributed by atoms with Crippen molar-refractivity contribution in [3.8, 4) is 0 Å². The van der Waals surface area contributed by atoms with Crippen LogP contribution < -0.4 is 5.32 Å². The highest BCUT2D eigenvalue weighted by molar-refractivity contribution is 9.10. The average molecular weight is 365 g/mol. The van der Waals surface area contributed by atoms with Crippen LogP contribution in [0.4, 0.5) is 4.79 Å². The number of carboxylic acids is 1. The minimum absolute atomic E-state index is 0.0623. The van der Waals surface area contributed by atoms with E-state index in [1.54, 1.807) is 18.2 Å². The van der Waals surface area contributed by atoms with Gasteiger partial charge >= 0.3 is 12.1 Å². The molecule has 0 saturated carbocycles. The largest absolute Gasteiger partial charge is 0.479 e. The zero-order valence-electron chi connectivity index (χ0n) is 11.4. The number of hydrogen-bond donors (Lipinski definition) is 2. The van der Waals surface area contributed by atoms with Crippen molar-refractivity contribution in [2.45, 2.75) is 12.6 Å². The molecule has 2 rings (SSSR count).